The van der Waals surface area contributed by atoms with Crippen molar-refractivity contribution in [2.24, 2.45) is 5.73 Å². The minimum absolute atomic E-state index is 0.220. The molecule has 0 spiro atoms. The molecule has 2 rings (SSSR count). The first-order valence-corrected chi connectivity index (χ1v) is 5.64. The van der Waals surface area contributed by atoms with Crippen LogP contribution >= 0.6 is 0 Å². The van der Waals surface area contributed by atoms with E-state index in [-0.39, 0.29) is 5.82 Å². The molecule has 20 heavy (non-hydrogen) atoms. The van der Waals surface area contributed by atoms with Gasteiger partial charge in [0.25, 0.3) is 0 Å². The van der Waals surface area contributed by atoms with Crippen molar-refractivity contribution in [3.05, 3.63) is 41.0 Å². The van der Waals surface area contributed by atoms with Crippen LogP contribution < -0.4 is 10.5 Å². The van der Waals surface area contributed by atoms with E-state index in [4.69, 9.17) is 10.5 Å². The summed E-state index contributed by atoms with van der Waals surface area (Å²) in [5.41, 5.74) is 7.21. The van der Waals surface area contributed by atoms with Gasteiger partial charge in [-0.3, -0.25) is 0 Å². The van der Waals surface area contributed by atoms with E-state index in [0.29, 0.717) is 11.3 Å². The molecule has 0 radical (unpaired) electrons. The molecule has 0 saturated heterocycles. The Morgan fingerprint density at radius 1 is 1.35 bits per heavy atom. The third kappa shape index (κ3) is 2.74. The Kier molecular flexibility index (Phi) is 3.67. The molecular weight excluding hydrogens is 275 g/mol. The van der Waals surface area contributed by atoms with E-state index in [0.717, 1.165) is 5.56 Å². The van der Waals surface area contributed by atoms with Gasteiger partial charge in [-0.1, -0.05) is 17.3 Å². The number of nitrogens with two attached hydrogens (primary N) is 1. The van der Waals surface area contributed by atoms with Gasteiger partial charge in [-0.05, 0) is 24.1 Å². The molecule has 1 atom stereocenters. The lowest BCUT2D eigenvalue weighted by Crippen LogP contribution is -2.14. The molecule has 2 N–H and O–H groups in total. The topological polar surface area (TPSA) is 74.2 Å². The van der Waals surface area contributed by atoms with Crippen molar-refractivity contribution in [3.63, 3.8) is 0 Å². The minimum atomic E-state index is -4.68. The van der Waals surface area contributed by atoms with Crippen LogP contribution in [0.15, 0.2) is 22.7 Å². The van der Waals surface area contributed by atoms with Gasteiger partial charge in [0.05, 0.1) is 13.2 Å². The highest BCUT2D eigenvalue weighted by Gasteiger charge is 2.39. The number of ether oxygens (including phenoxy) is 1. The van der Waals surface area contributed by atoms with E-state index in [2.05, 4.69) is 14.7 Å². The molecule has 8 heteroatoms. The first kappa shape index (κ1) is 14.3. The number of benzene rings is 1. The van der Waals surface area contributed by atoms with Crippen molar-refractivity contribution in [3.8, 4) is 5.75 Å². The number of aryl methyl sites for hydroxylation is 1. The summed E-state index contributed by atoms with van der Waals surface area (Å²) in [4.78, 5) is 3.27. The van der Waals surface area contributed by atoms with Crippen molar-refractivity contribution >= 4 is 0 Å². The van der Waals surface area contributed by atoms with Crippen LogP contribution in [0.1, 0.15) is 28.9 Å². The van der Waals surface area contributed by atoms with Crippen LogP contribution in [0.25, 0.3) is 0 Å². The molecule has 0 bridgehead atoms. The first-order valence-electron chi connectivity index (χ1n) is 5.64. The van der Waals surface area contributed by atoms with E-state index in [1.165, 1.54) is 7.11 Å². The molecule has 2 aromatic rings. The van der Waals surface area contributed by atoms with Crippen LogP contribution in [-0.2, 0) is 6.18 Å². The lowest BCUT2D eigenvalue weighted by molar-refractivity contribution is -0.159. The molecule has 0 saturated carbocycles. The molecule has 1 unspecified atom stereocenters. The second kappa shape index (κ2) is 5.12. The zero-order valence-corrected chi connectivity index (χ0v) is 10.7. The van der Waals surface area contributed by atoms with E-state index >= 15 is 0 Å². The molecule has 108 valence electrons. The highest BCUT2D eigenvalue weighted by molar-refractivity contribution is 5.38. The molecule has 1 aromatic carbocycles. The Labute approximate surface area is 112 Å². The number of methoxy groups -OCH3 is 1. The highest BCUT2D eigenvalue weighted by atomic mass is 19.4. The second-order valence-electron chi connectivity index (χ2n) is 4.16. The average Bonchev–Trinajstić information content (AvgIpc) is 2.87. The fraction of sp³-hybridized carbons (Fsp3) is 0.333. The Balaban J connectivity index is 2.29. The van der Waals surface area contributed by atoms with Gasteiger partial charge in [0.1, 0.15) is 5.75 Å². The quantitative estimate of drug-likeness (QED) is 0.938. The van der Waals surface area contributed by atoms with Crippen LogP contribution in [0.5, 0.6) is 5.75 Å². The maximum absolute atomic E-state index is 12.4. The van der Waals surface area contributed by atoms with Crippen LogP contribution in [0.3, 0.4) is 0 Å². The molecule has 0 fully saturated rings. The van der Waals surface area contributed by atoms with Gasteiger partial charge in [-0.2, -0.15) is 18.2 Å². The summed E-state index contributed by atoms with van der Waals surface area (Å²) >= 11 is 0. The van der Waals surface area contributed by atoms with Crippen molar-refractivity contribution in [2.45, 2.75) is 19.1 Å². The van der Waals surface area contributed by atoms with E-state index in [1.807, 2.05) is 0 Å². The second-order valence-corrected chi connectivity index (χ2v) is 4.16. The van der Waals surface area contributed by atoms with Gasteiger partial charge >= 0.3 is 12.1 Å². The maximum Gasteiger partial charge on any atom is 0.471 e. The van der Waals surface area contributed by atoms with Gasteiger partial charge in [0, 0.05) is 0 Å². The molecule has 0 aliphatic heterocycles. The van der Waals surface area contributed by atoms with Crippen LogP contribution in [-0.4, -0.2) is 17.3 Å². The number of hydrogen-bond donors (Lipinski definition) is 1. The van der Waals surface area contributed by atoms with E-state index < -0.39 is 18.1 Å². The van der Waals surface area contributed by atoms with Gasteiger partial charge in [-0.25, -0.2) is 0 Å². The Bertz CT molecular complexity index is 610. The fourth-order valence-corrected chi connectivity index (χ4v) is 1.72. The fourth-order valence-electron chi connectivity index (χ4n) is 1.72. The number of alkyl halides is 3. The van der Waals surface area contributed by atoms with Crippen molar-refractivity contribution < 1.29 is 22.4 Å². The van der Waals surface area contributed by atoms with Crippen molar-refractivity contribution in [1.29, 1.82) is 0 Å². The molecular formula is C12H12F3N3O2. The summed E-state index contributed by atoms with van der Waals surface area (Å²) in [6, 6.07) is 4.11. The molecule has 1 heterocycles. The highest BCUT2D eigenvalue weighted by Crippen LogP contribution is 2.29. The number of halogens is 3. The Morgan fingerprint density at radius 2 is 2.05 bits per heavy atom. The normalized spacial score (nSPS) is 13.3. The smallest absolute Gasteiger partial charge is 0.471 e. The Hall–Kier alpha value is -2.09. The summed E-state index contributed by atoms with van der Waals surface area (Å²) in [7, 11) is 1.52. The third-order valence-corrected chi connectivity index (χ3v) is 2.74. The van der Waals surface area contributed by atoms with Gasteiger partial charge in [-0.15, -0.1) is 0 Å². The predicted molar refractivity (Wildman–Crippen MR) is 63.1 cm³/mol. The zero-order chi connectivity index (χ0) is 14.9. The lowest BCUT2D eigenvalue weighted by Gasteiger charge is -2.10. The van der Waals surface area contributed by atoms with Gasteiger partial charge in [0.2, 0.25) is 0 Å². The van der Waals surface area contributed by atoms with Crippen molar-refractivity contribution in [1.82, 2.24) is 10.1 Å². The lowest BCUT2D eigenvalue weighted by atomic mass is 10.0. The summed E-state index contributed by atoms with van der Waals surface area (Å²) in [5.74, 6) is -0.972. The molecule has 5 nitrogen and oxygen atoms in total. The standard InChI is InChI=1S/C12H12F3N3O2/c1-6-5-7(3-4-8(6)19-2)9(16)10-17-11(20-18-10)12(13,14)15/h3-5,9H,16H2,1-2H3. The zero-order valence-electron chi connectivity index (χ0n) is 10.7. The molecule has 0 aliphatic rings. The summed E-state index contributed by atoms with van der Waals surface area (Å²) in [6.07, 6.45) is -4.68. The average molecular weight is 287 g/mol. The summed E-state index contributed by atoms with van der Waals surface area (Å²) < 4.78 is 46.4. The number of nitrogens with zero attached hydrogens (tertiary/aromatic N) is 2. The van der Waals surface area contributed by atoms with Gasteiger partial charge < -0.3 is 15.0 Å². The van der Waals surface area contributed by atoms with Crippen LogP contribution in [0.2, 0.25) is 0 Å². The SMILES string of the molecule is COc1ccc(C(N)c2noc(C(F)(F)F)n2)cc1C. The maximum atomic E-state index is 12.4. The van der Waals surface area contributed by atoms with E-state index in [1.54, 1.807) is 25.1 Å². The summed E-state index contributed by atoms with van der Waals surface area (Å²) in [6.45, 7) is 1.80. The molecule has 1 aromatic heterocycles. The monoisotopic (exact) mass is 287 g/mol. The van der Waals surface area contributed by atoms with Crippen LogP contribution in [0.4, 0.5) is 13.2 Å². The van der Waals surface area contributed by atoms with Crippen LogP contribution in [0, 0.1) is 6.92 Å². The largest absolute Gasteiger partial charge is 0.496 e. The predicted octanol–water partition coefficient (Wildman–Crippen LogP) is 2.45. The third-order valence-electron chi connectivity index (χ3n) is 2.74. The first-order chi connectivity index (χ1) is 9.32. The molecule has 0 aliphatic carbocycles. The number of aromatic nitrogens is 2. The van der Waals surface area contributed by atoms with Gasteiger partial charge in [0.15, 0.2) is 5.82 Å². The van der Waals surface area contributed by atoms with E-state index in [9.17, 15) is 13.2 Å². The number of rotatable bonds is 3. The van der Waals surface area contributed by atoms with Crippen molar-refractivity contribution in [2.75, 3.05) is 7.11 Å². The summed E-state index contributed by atoms with van der Waals surface area (Å²) in [5, 5.41) is 3.27. The molecule has 0 amide bonds. The number of hydrogen-bond acceptors (Lipinski definition) is 5. The Morgan fingerprint density at radius 3 is 2.55 bits per heavy atom. The minimum Gasteiger partial charge on any atom is -0.496 e.